The van der Waals surface area contributed by atoms with Gasteiger partial charge in [-0.15, -0.1) is 11.8 Å². The van der Waals surface area contributed by atoms with E-state index in [1.54, 1.807) is 51.3 Å². The van der Waals surface area contributed by atoms with Crippen LogP contribution in [0.15, 0.2) is 46.2 Å². The van der Waals surface area contributed by atoms with Gasteiger partial charge in [0.1, 0.15) is 0 Å². The Bertz CT molecular complexity index is 1010. The second-order valence-corrected chi connectivity index (χ2v) is 9.85. The van der Waals surface area contributed by atoms with Crippen LogP contribution in [0.4, 0.5) is 5.69 Å². The number of thioether (sulfide) groups is 1. The summed E-state index contributed by atoms with van der Waals surface area (Å²) in [5, 5.41) is 2.82. The number of nitrogens with one attached hydrogen (secondary N) is 1. The number of hydrogen-bond donors (Lipinski definition) is 1. The molecule has 0 unspecified atom stereocenters. The van der Waals surface area contributed by atoms with Crippen LogP contribution in [0.1, 0.15) is 19.4 Å². The van der Waals surface area contributed by atoms with Crippen molar-refractivity contribution in [1.82, 2.24) is 4.31 Å². The third-order valence-corrected chi connectivity index (χ3v) is 7.11. The predicted molar refractivity (Wildman–Crippen MR) is 120 cm³/mol. The van der Waals surface area contributed by atoms with Gasteiger partial charge in [0.25, 0.3) is 0 Å². The molecule has 0 aliphatic heterocycles. The normalized spacial score (nSPS) is 11.6. The Labute approximate surface area is 182 Å². The molecule has 0 bridgehead atoms. The van der Waals surface area contributed by atoms with Crippen LogP contribution in [0.5, 0.6) is 11.5 Å². The number of nitrogens with zero attached hydrogens (tertiary/aromatic N) is 1. The standard InChI is InChI=1S/C21H28N2O5S2/c1-14(2)21(24)22-17-12-16(8-10-20(17)29-6)30(25,26)23(3)13-15-7-9-18(27-4)19(11-15)28-5/h7-12,14H,13H2,1-6H3,(H,22,24). The summed E-state index contributed by atoms with van der Waals surface area (Å²) in [6.07, 6.45) is 1.87. The van der Waals surface area contributed by atoms with E-state index in [2.05, 4.69) is 5.32 Å². The molecule has 9 heteroatoms. The topological polar surface area (TPSA) is 84.9 Å². The maximum atomic E-state index is 13.1. The van der Waals surface area contributed by atoms with Crippen molar-refractivity contribution in [2.24, 2.45) is 5.92 Å². The van der Waals surface area contributed by atoms with Crippen molar-refractivity contribution in [2.75, 3.05) is 32.8 Å². The summed E-state index contributed by atoms with van der Waals surface area (Å²) < 4.78 is 38.0. The molecule has 164 valence electrons. The molecule has 0 heterocycles. The van der Waals surface area contributed by atoms with E-state index in [1.165, 1.54) is 36.3 Å². The van der Waals surface area contributed by atoms with Crippen LogP contribution in [0.25, 0.3) is 0 Å². The van der Waals surface area contributed by atoms with Crippen molar-refractivity contribution in [2.45, 2.75) is 30.2 Å². The first-order valence-corrected chi connectivity index (χ1v) is 12.0. The molecule has 30 heavy (non-hydrogen) atoms. The Morgan fingerprint density at radius 3 is 2.33 bits per heavy atom. The fraction of sp³-hybridized carbons (Fsp3) is 0.381. The van der Waals surface area contributed by atoms with Gasteiger partial charge in [-0.2, -0.15) is 4.31 Å². The zero-order valence-electron chi connectivity index (χ0n) is 18.1. The third-order valence-electron chi connectivity index (χ3n) is 4.51. The highest BCUT2D eigenvalue weighted by Gasteiger charge is 2.23. The summed E-state index contributed by atoms with van der Waals surface area (Å²) in [7, 11) is 0.813. The van der Waals surface area contributed by atoms with Crippen LogP contribution in [0.2, 0.25) is 0 Å². The van der Waals surface area contributed by atoms with E-state index in [4.69, 9.17) is 9.47 Å². The minimum absolute atomic E-state index is 0.113. The van der Waals surface area contributed by atoms with Crippen LogP contribution < -0.4 is 14.8 Å². The molecular weight excluding hydrogens is 424 g/mol. The molecule has 1 N–H and O–H groups in total. The molecule has 7 nitrogen and oxygen atoms in total. The van der Waals surface area contributed by atoms with Crippen molar-refractivity contribution in [1.29, 1.82) is 0 Å². The minimum Gasteiger partial charge on any atom is -0.493 e. The Balaban J connectivity index is 2.32. The highest BCUT2D eigenvalue weighted by Crippen LogP contribution is 2.31. The molecule has 0 aliphatic carbocycles. The smallest absolute Gasteiger partial charge is 0.243 e. The number of sulfonamides is 1. The number of anilines is 1. The molecule has 2 rings (SSSR count). The van der Waals surface area contributed by atoms with Crippen molar-refractivity contribution in [3.8, 4) is 11.5 Å². The van der Waals surface area contributed by atoms with Gasteiger partial charge in [-0.25, -0.2) is 8.42 Å². The van der Waals surface area contributed by atoms with Gasteiger partial charge in [0, 0.05) is 24.4 Å². The summed E-state index contributed by atoms with van der Waals surface area (Å²) in [5.41, 5.74) is 1.24. The summed E-state index contributed by atoms with van der Waals surface area (Å²) in [6, 6.07) is 10.0. The van der Waals surface area contributed by atoms with Gasteiger partial charge in [-0.05, 0) is 42.2 Å². The zero-order chi connectivity index (χ0) is 22.5. The summed E-state index contributed by atoms with van der Waals surface area (Å²) >= 11 is 1.44. The number of rotatable bonds is 9. The summed E-state index contributed by atoms with van der Waals surface area (Å²) in [6.45, 7) is 3.72. The number of amides is 1. The van der Waals surface area contributed by atoms with Crippen LogP contribution in [0, 0.1) is 5.92 Å². The predicted octanol–water partition coefficient (Wildman–Crippen LogP) is 3.84. The molecule has 2 aromatic carbocycles. The minimum atomic E-state index is -3.78. The molecule has 0 atom stereocenters. The first-order valence-electron chi connectivity index (χ1n) is 9.30. The molecule has 1 amide bonds. The van der Waals surface area contributed by atoms with Gasteiger partial charge in [-0.1, -0.05) is 19.9 Å². The lowest BCUT2D eigenvalue weighted by molar-refractivity contribution is -0.118. The number of carbonyl (C=O) groups is 1. The lowest BCUT2D eigenvalue weighted by Gasteiger charge is -2.20. The molecule has 0 spiro atoms. The van der Waals surface area contributed by atoms with E-state index < -0.39 is 10.0 Å². The van der Waals surface area contributed by atoms with E-state index in [0.717, 1.165) is 10.5 Å². The maximum absolute atomic E-state index is 13.1. The fourth-order valence-electron chi connectivity index (χ4n) is 2.72. The van der Waals surface area contributed by atoms with Crippen molar-refractivity contribution >= 4 is 33.4 Å². The third kappa shape index (κ3) is 5.47. The van der Waals surface area contributed by atoms with Crippen LogP contribution in [-0.4, -0.2) is 46.2 Å². The molecule has 0 saturated carbocycles. The first-order chi connectivity index (χ1) is 14.1. The quantitative estimate of drug-likeness (QED) is 0.582. The van der Waals surface area contributed by atoms with Crippen molar-refractivity contribution in [3.63, 3.8) is 0 Å². The van der Waals surface area contributed by atoms with Gasteiger partial charge in [0.05, 0.1) is 24.8 Å². The van der Waals surface area contributed by atoms with E-state index >= 15 is 0 Å². The summed E-state index contributed by atoms with van der Waals surface area (Å²) in [4.78, 5) is 13.0. The molecule has 0 radical (unpaired) electrons. The number of carbonyl (C=O) groups excluding carboxylic acids is 1. The Morgan fingerprint density at radius 1 is 1.10 bits per heavy atom. The van der Waals surface area contributed by atoms with Gasteiger partial charge in [0.15, 0.2) is 11.5 Å². The second kappa shape index (κ2) is 10.2. The molecule has 0 fully saturated rings. The highest BCUT2D eigenvalue weighted by atomic mass is 32.2. The van der Waals surface area contributed by atoms with Crippen molar-refractivity contribution in [3.05, 3.63) is 42.0 Å². The SMILES string of the molecule is COc1ccc(CN(C)S(=O)(=O)c2ccc(SC)c(NC(=O)C(C)C)c2)cc1OC. The van der Waals surface area contributed by atoms with E-state index in [9.17, 15) is 13.2 Å². The number of methoxy groups -OCH3 is 2. The van der Waals surface area contributed by atoms with Crippen LogP contribution in [0.3, 0.4) is 0 Å². The first kappa shape index (κ1) is 24.0. The van der Waals surface area contributed by atoms with Crippen LogP contribution in [-0.2, 0) is 21.4 Å². The monoisotopic (exact) mass is 452 g/mol. The molecule has 0 saturated heterocycles. The largest absolute Gasteiger partial charge is 0.493 e. The highest BCUT2D eigenvalue weighted by molar-refractivity contribution is 7.98. The summed E-state index contributed by atoms with van der Waals surface area (Å²) in [5.74, 6) is 0.722. The Hall–Kier alpha value is -2.23. The average Bonchev–Trinajstić information content (AvgIpc) is 2.73. The lowest BCUT2D eigenvalue weighted by atomic mass is 10.2. The van der Waals surface area contributed by atoms with Gasteiger partial charge in [-0.3, -0.25) is 4.79 Å². The van der Waals surface area contributed by atoms with E-state index in [1.807, 2.05) is 6.26 Å². The zero-order valence-corrected chi connectivity index (χ0v) is 19.7. The molecule has 0 aromatic heterocycles. The number of ether oxygens (including phenoxy) is 2. The Morgan fingerprint density at radius 2 is 1.77 bits per heavy atom. The fourth-order valence-corrected chi connectivity index (χ4v) is 4.44. The van der Waals surface area contributed by atoms with Gasteiger partial charge < -0.3 is 14.8 Å². The average molecular weight is 453 g/mol. The lowest BCUT2D eigenvalue weighted by Crippen LogP contribution is -2.27. The van der Waals surface area contributed by atoms with Gasteiger partial charge in [0.2, 0.25) is 15.9 Å². The van der Waals surface area contributed by atoms with Gasteiger partial charge >= 0.3 is 0 Å². The maximum Gasteiger partial charge on any atom is 0.243 e. The molecular formula is C21H28N2O5S2. The number of hydrogen-bond acceptors (Lipinski definition) is 6. The molecule has 0 aliphatic rings. The van der Waals surface area contributed by atoms with E-state index in [0.29, 0.717) is 17.2 Å². The molecule has 2 aromatic rings. The number of benzene rings is 2. The van der Waals surface area contributed by atoms with Crippen molar-refractivity contribution < 1.29 is 22.7 Å². The van der Waals surface area contributed by atoms with Crippen LogP contribution >= 0.6 is 11.8 Å². The second-order valence-electron chi connectivity index (χ2n) is 6.96. The Kier molecular flexibility index (Phi) is 8.17. The van der Waals surface area contributed by atoms with E-state index in [-0.39, 0.29) is 23.3 Å².